The smallest absolute Gasteiger partial charge is 0.252 e. The number of piperidine rings is 1. The Morgan fingerprint density at radius 3 is 2.72 bits per heavy atom. The van der Waals surface area contributed by atoms with Gasteiger partial charge in [-0.15, -0.1) is 0 Å². The number of rotatable bonds is 3. The normalized spacial score (nSPS) is 18.3. The average Bonchev–Trinajstić information content (AvgIpc) is 2.38. The first-order valence-corrected chi connectivity index (χ1v) is 6.72. The monoisotopic (exact) mass is 266 g/mol. The third-order valence-corrected chi connectivity index (χ3v) is 3.93. The second-order valence-electron chi connectivity index (χ2n) is 5.22. The molecule has 1 fully saturated rings. The molecule has 1 aromatic carbocycles. The van der Waals surface area contributed by atoms with Gasteiger partial charge in [-0.25, -0.2) is 0 Å². The van der Waals surface area contributed by atoms with Gasteiger partial charge in [0.25, 0.3) is 5.91 Å². The SMILES string of the molecule is CC1(CNC(=O)c2ccccc2Cl)CCNCC1. The van der Waals surface area contributed by atoms with Crippen LogP contribution in [0.5, 0.6) is 0 Å². The van der Waals surface area contributed by atoms with Crippen molar-refractivity contribution in [1.29, 1.82) is 0 Å². The van der Waals surface area contributed by atoms with Gasteiger partial charge in [-0.05, 0) is 43.5 Å². The highest BCUT2D eigenvalue weighted by Crippen LogP contribution is 2.27. The Morgan fingerprint density at radius 2 is 2.06 bits per heavy atom. The van der Waals surface area contributed by atoms with Gasteiger partial charge in [0.1, 0.15) is 0 Å². The van der Waals surface area contributed by atoms with Gasteiger partial charge in [0.15, 0.2) is 0 Å². The van der Waals surface area contributed by atoms with E-state index in [2.05, 4.69) is 17.6 Å². The van der Waals surface area contributed by atoms with Gasteiger partial charge in [0, 0.05) is 6.54 Å². The lowest BCUT2D eigenvalue weighted by atomic mass is 9.81. The van der Waals surface area contributed by atoms with Crippen molar-refractivity contribution in [2.24, 2.45) is 5.41 Å². The van der Waals surface area contributed by atoms with E-state index in [1.54, 1.807) is 12.1 Å². The molecule has 2 rings (SSSR count). The Balaban J connectivity index is 1.94. The van der Waals surface area contributed by atoms with Gasteiger partial charge < -0.3 is 10.6 Å². The molecule has 0 aromatic heterocycles. The lowest BCUT2D eigenvalue weighted by Gasteiger charge is -2.34. The summed E-state index contributed by atoms with van der Waals surface area (Å²) in [4.78, 5) is 12.0. The highest BCUT2D eigenvalue weighted by molar-refractivity contribution is 6.33. The van der Waals surface area contributed by atoms with Crippen molar-refractivity contribution in [2.45, 2.75) is 19.8 Å². The summed E-state index contributed by atoms with van der Waals surface area (Å²) in [5.74, 6) is -0.0830. The van der Waals surface area contributed by atoms with E-state index in [-0.39, 0.29) is 11.3 Å². The first kappa shape index (κ1) is 13.4. The molecule has 0 aliphatic carbocycles. The van der Waals surface area contributed by atoms with Gasteiger partial charge in [0.2, 0.25) is 0 Å². The van der Waals surface area contributed by atoms with Gasteiger partial charge in [0.05, 0.1) is 10.6 Å². The Labute approximate surface area is 113 Å². The van der Waals surface area contributed by atoms with Gasteiger partial charge in [-0.1, -0.05) is 30.7 Å². The quantitative estimate of drug-likeness (QED) is 0.882. The van der Waals surface area contributed by atoms with Crippen molar-refractivity contribution in [1.82, 2.24) is 10.6 Å². The molecule has 1 heterocycles. The molecule has 0 unspecified atom stereocenters. The van der Waals surface area contributed by atoms with Crippen molar-refractivity contribution in [3.63, 3.8) is 0 Å². The Morgan fingerprint density at radius 1 is 1.39 bits per heavy atom. The summed E-state index contributed by atoms with van der Waals surface area (Å²) in [5.41, 5.74) is 0.749. The third kappa shape index (κ3) is 3.24. The molecule has 1 aliphatic heterocycles. The average molecular weight is 267 g/mol. The van der Waals surface area contributed by atoms with Crippen LogP contribution < -0.4 is 10.6 Å². The van der Waals surface area contributed by atoms with Crippen molar-refractivity contribution in [3.05, 3.63) is 34.9 Å². The number of benzene rings is 1. The van der Waals surface area contributed by atoms with Crippen molar-refractivity contribution < 1.29 is 4.79 Å². The number of hydrogen-bond acceptors (Lipinski definition) is 2. The predicted octanol–water partition coefficient (Wildman–Crippen LogP) is 2.46. The molecule has 98 valence electrons. The minimum atomic E-state index is -0.0830. The molecule has 0 bridgehead atoms. The molecular formula is C14H19ClN2O. The minimum Gasteiger partial charge on any atom is -0.351 e. The lowest BCUT2D eigenvalue weighted by Crippen LogP contribution is -2.42. The molecule has 2 N–H and O–H groups in total. The Kier molecular flexibility index (Phi) is 4.25. The van der Waals surface area contributed by atoms with E-state index >= 15 is 0 Å². The molecule has 4 heteroatoms. The van der Waals surface area contributed by atoms with Gasteiger partial charge in [-0.3, -0.25) is 4.79 Å². The number of carbonyl (C=O) groups is 1. The summed E-state index contributed by atoms with van der Waals surface area (Å²) < 4.78 is 0. The van der Waals surface area contributed by atoms with E-state index in [4.69, 9.17) is 11.6 Å². The van der Waals surface area contributed by atoms with E-state index in [0.717, 1.165) is 25.9 Å². The minimum absolute atomic E-state index is 0.0830. The van der Waals surface area contributed by atoms with E-state index in [9.17, 15) is 4.79 Å². The molecule has 0 radical (unpaired) electrons. The van der Waals surface area contributed by atoms with Crippen LogP contribution in [-0.4, -0.2) is 25.5 Å². The van der Waals surface area contributed by atoms with E-state index in [1.165, 1.54) is 0 Å². The van der Waals surface area contributed by atoms with E-state index in [1.807, 2.05) is 12.1 Å². The number of halogens is 1. The second-order valence-corrected chi connectivity index (χ2v) is 5.63. The first-order valence-electron chi connectivity index (χ1n) is 6.34. The Hall–Kier alpha value is -1.06. The standard InChI is InChI=1S/C14H19ClN2O/c1-14(6-8-16-9-7-14)10-17-13(18)11-4-2-3-5-12(11)15/h2-5,16H,6-10H2,1H3,(H,17,18). The molecule has 18 heavy (non-hydrogen) atoms. The molecular weight excluding hydrogens is 248 g/mol. The summed E-state index contributed by atoms with van der Waals surface area (Å²) in [6.45, 7) is 4.98. The molecule has 0 saturated carbocycles. The van der Waals surface area contributed by atoms with Crippen LogP contribution in [0, 0.1) is 5.41 Å². The van der Waals surface area contributed by atoms with Gasteiger partial charge >= 0.3 is 0 Å². The van der Waals surface area contributed by atoms with Crippen LogP contribution in [-0.2, 0) is 0 Å². The predicted molar refractivity (Wildman–Crippen MR) is 74.0 cm³/mol. The van der Waals surface area contributed by atoms with Crippen LogP contribution in [0.3, 0.4) is 0 Å². The lowest BCUT2D eigenvalue weighted by molar-refractivity contribution is 0.0922. The fourth-order valence-corrected chi connectivity index (χ4v) is 2.46. The summed E-state index contributed by atoms with van der Waals surface area (Å²) in [6.07, 6.45) is 2.19. The topological polar surface area (TPSA) is 41.1 Å². The molecule has 1 amide bonds. The maximum Gasteiger partial charge on any atom is 0.252 e. The summed E-state index contributed by atoms with van der Waals surface area (Å²) in [7, 11) is 0. The van der Waals surface area contributed by atoms with Crippen LogP contribution in [0.1, 0.15) is 30.1 Å². The summed E-state index contributed by atoms with van der Waals surface area (Å²) in [6, 6.07) is 7.14. The first-order chi connectivity index (χ1) is 8.61. The fourth-order valence-electron chi connectivity index (χ4n) is 2.24. The highest BCUT2D eigenvalue weighted by atomic mass is 35.5. The van der Waals surface area contributed by atoms with Crippen LogP contribution in [0.4, 0.5) is 0 Å². The zero-order chi connectivity index (χ0) is 13.0. The van der Waals surface area contributed by atoms with Crippen LogP contribution in [0.2, 0.25) is 5.02 Å². The second kappa shape index (κ2) is 5.72. The largest absolute Gasteiger partial charge is 0.351 e. The Bertz CT molecular complexity index is 428. The molecule has 3 nitrogen and oxygen atoms in total. The van der Waals surface area contributed by atoms with Gasteiger partial charge in [-0.2, -0.15) is 0 Å². The van der Waals surface area contributed by atoms with Crippen LogP contribution in [0.15, 0.2) is 24.3 Å². The number of hydrogen-bond donors (Lipinski definition) is 2. The van der Waals surface area contributed by atoms with Crippen molar-refractivity contribution >= 4 is 17.5 Å². The highest BCUT2D eigenvalue weighted by Gasteiger charge is 2.27. The molecule has 0 spiro atoms. The van der Waals surface area contributed by atoms with E-state index in [0.29, 0.717) is 17.1 Å². The molecule has 1 aliphatic rings. The summed E-state index contributed by atoms with van der Waals surface area (Å²) >= 11 is 6.00. The maximum absolute atomic E-state index is 12.0. The molecule has 0 atom stereocenters. The third-order valence-electron chi connectivity index (χ3n) is 3.60. The fraction of sp³-hybridized carbons (Fsp3) is 0.500. The zero-order valence-electron chi connectivity index (χ0n) is 10.6. The molecule has 1 saturated heterocycles. The van der Waals surface area contributed by atoms with Crippen LogP contribution in [0.25, 0.3) is 0 Å². The number of carbonyl (C=O) groups excluding carboxylic acids is 1. The molecule has 1 aromatic rings. The van der Waals surface area contributed by atoms with Crippen molar-refractivity contribution in [3.8, 4) is 0 Å². The zero-order valence-corrected chi connectivity index (χ0v) is 11.4. The van der Waals surface area contributed by atoms with Crippen molar-refractivity contribution in [2.75, 3.05) is 19.6 Å². The van der Waals surface area contributed by atoms with Crippen LogP contribution >= 0.6 is 11.6 Å². The number of nitrogens with one attached hydrogen (secondary N) is 2. The maximum atomic E-state index is 12.0. The summed E-state index contributed by atoms with van der Waals surface area (Å²) in [5, 5.41) is 6.84. The van der Waals surface area contributed by atoms with E-state index < -0.39 is 0 Å². The number of amides is 1.